The molecule has 1 aromatic rings. The third-order valence-electron chi connectivity index (χ3n) is 3.40. The first-order chi connectivity index (χ1) is 8.84. The molecule has 2 nitrogen and oxygen atoms in total. The van der Waals surface area contributed by atoms with Crippen molar-refractivity contribution in [1.82, 2.24) is 4.90 Å². The number of carbonyl (C=O) groups is 1. The molecule has 0 aliphatic rings. The number of benzene rings is 1. The van der Waals surface area contributed by atoms with Crippen LogP contribution in [0, 0.1) is 0 Å². The Morgan fingerprint density at radius 2 is 1.63 bits per heavy atom. The van der Waals surface area contributed by atoms with Crippen LogP contribution in [0.25, 0.3) is 0 Å². The number of nitrogens with zero attached hydrogens (tertiary/aromatic N) is 1. The van der Waals surface area contributed by atoms with E-state index in [0.29, 0.717) is 5.56 Å². The van der Waals surface area contributed by atoms with E-state index < -0.39 is 11.6 Å². The van der Waals surface area contributed by atoms with E-state index in [1.807, 2.05) is 33.8 Å². The lowest BCUT2D eigenvalue weighted by Gasteiger charge is -2.36. The topological polar surface area (TPSA) is 20.3 Å². The molecule has 0 N–H and O–H groups in total. The lowest BCUT2D eigenvalue weighted by molar-refractivity contribution is -0.149. The molecule has 0 heterocycles. The summed E-state index contributed by atoms with van der Waals surface area (Å²) in [6, 6.07) is 8.69. The van der Waals surface area contributed by atoms with Crippen molar-refractivity contribution >= 4 is 5.91 Å². The van der Waals surface area contributed by atoms with Crippen molar-refractivity contribution in [2.75, 3.05) is 0 Å². The molecule has 1 atom stereocenters. The largest absolute Gasteiger partial charge is 0.335 e. The molecule has 1 aromatic carbocycles. The number of carbonyl (C=O) groups excluding carboxylic acids is 1. The van der Waals surface area contributed by atoms with Gasteiger partial charge in [-0.3, -0.25) is 4.79 Å². The monoisotopic (exact) mass is 265 g/mol. The second-order valence-corrected chi connectivity index (χ2v) is 5.42. The number of alkyl halides is 1. The maximum absolute atomic E-state index is 15.2. The summed E-state index contributed by atoms with van der Waals surface area (Å²) in [4.78, 5) is 14.3. The predicted molar refractivity (Wildman–Crippen MR) is 76.6 cm³/mol. The Hall–Kier alpha value is -1.38. The molecule has 19 heavy (non-hydrogen) atoms. The number of hydrogen-bond acceptors (Lipinski definition) is 1. The summed E-state index contributed by atoms with van der Waals surface area (Å²) in [6.45, 7) is 9.37. The van der Waals surface area contributed by atoms with Gasteiger partial charge in [-0.05, 0) is 39.7 Å². The first-order valence-corrected chi connectivity index (χ1v) is 6.91. The minimum atomic E-state index is -1.93. The Morgan fingerprint density at radius 3 is 2.00 bits per heavy atom. The fraction of sp³-hybridized carbons (Fsp3) is 0.562. The minimum Gasteiger partial charge on any atom is -0.335 e. The second kappa shape index (κ2) is 6.18. The molecule has 1 unspecified atom stereocenters. The highest BCUT2D eigenvalue weighted by molar-refractivity contribution is 5.87. The van der Waals surface area contributed by atoms with Crippen molar-refractivity contribution in [2.24, 2.45) is 0 Å². The summed E-state index contributed by atoms with van der Waals surface area (Å²) in [7, 11) is 0. The molecule has 0 spiro atoms. The zero-order valence-electron chi connectivity index (χ0n) is 12.5. The van der Waals surface area contributed by atoms with Crippen LogP contribution in [0.3, 0.4) is 0 Å². The van der Waals surface area contributed by atoms with Gasteiger partial charge in [0.15, 0.2) is 0 Å². The summed E-state index contributed by atoms with van der Waals surface area (Å²) >= 11 is 0. The SMILES string of the molecule is CCC(F)(C(=O)N(C(C)C)C(C)C)c1ccccc1. The van der Waals surface area contributed by atoms with Gasteiger partial charge in [0.2, 0.25) is 5.67 Å². The van der Waals surface area contributed by atoms with Crippen molar-refractivity contribution in [1.29, 1.82) is 0 Å². The van der Waals surface area contributed by atoms with Gasteiger partial charge in [-0.1, -0.05) is 37.3 Å². The van der Waals surface area contributed by atoms with E-state index in [9.17, 15) is 4.79 Å². The Balaban J connectivity index is 3.18. The van der Waals surface area contributed by atoms with E-state index in [4.69, 9.17) is 0 Å². The van der Waals surface area contributed by atoms with Gasteiger partial charge < -0.3 is 4.90 Å². The quantitative estimate of drug-likeness (QED) is 0.790. The van der Waals surface area contributed by atoms with Crippen LogP contribution >= 0.6 is 0 Å². The van der Waals surface area contributed by atoms with E-state index in [0.717, 1.165) is 0 Å². The highest BCUT2D eigenvalue weighted by atomic mass is 19.1. The zero-order chi connectivity index (χ0) is 14.6. The molecule has 0 aliphatic heterocycles. The van der Waals surface area contributed by atoms with Gasteiger partial charge in [-0.25, -0.2) is 4.39 Å². The van der Waals surface area contributed by atoms with Crippen LogP contribution < -0.4 is 0 Å². The lowest BCUT2D eigenvalue weighted by atomic mass is 9.90. The summed E-state index contributed by atoms with van der Waals surface area (Å²) in [6.07, 6.45) is 0.145. The molecule has 0 radical (unpaired) electrons. The van der Waals surface area contributed by atoms with Gasteiger partial charge in [-0.15, -0.1) is 0 Å². The second-order valence-electron chi connectivity index (χ2n) is 5.42. The van der Waals surface area contributed by atoms with Crippen LogP contribution in [0.1, 0.15) is 46.6 Å². The maximum atomic E-state index is 15.2. The molecule has 0 bridgehead atoms. The Morgan fingerprint density at radius 1 is 1.16 bits per heavy atom. The van der Waals surface area contributed by atoms with Crippen LogP contribution in [0.5, 0.6) is 0 Å². The predicted octanol–water partition coefficient (Wildman–Crippen LogP) is 3.91. The van der Waals surface area contributed by atoms with Crippen LogP contribution in [0.15, 0.2) is 30.3 Å². The molecule has 1 amide bonds. The molecular weight excluding hydrogens is 241 g/mol. The van der Waals surface area contributed by atoms with Crippen molar-refractivity contribution in [2.45, 2.75) is 58.8 Å². The number of halogens is 1. The first-order valence-electron chi connectivity index (χ1n) is 6.91. The summed E-state index contributed by atoms with van der Waals surface area (Å²) in [5, 5.41) is 0. The molecule has 0 aliphatic carbocycles. The van der Waals surface area contributed by atoms with Gasteiger partial charge in [0.05, 0.1) is 0 Å². The Labute approximate surface area is 115 Å². The number of amides is 1. The Bertz CT molecular complexity index is 408. The maximum Gasteiger partial charge on any atom is 0.265 e. The molecule has 3 heteroatoms. The summed E-state index contributed by atoms with van der Waals surface area (Å²) in [5.41, 5.74) is -1.50. The van der Waals surface area contributed by atoms with Crippen molar-refractivity contribution < 1.29 is 9.18 Å². The molecule has 106 valence electrons. The van der Waals surface area contributed by atoms with Crippen molar-refractivity contribution in [3.8, 4) is 0 Å². The molecule has 0 fully saturated rings. The van der Waals surface area contributed by atoms with E-state index in [1.165, 1.54) is 0 Å². The Kier molecular flexibility index (Phi) is 5.10. The average molecular weight is 265 g/mol. The van der Waals surface area contributed by atoms with Crippen molar-refractivity contribution in [3.63, 3.8) is 0 Å². The van der Waals surface area contributed by atoms with E-state index in [2.05, 4.69) is 0 Å². The van der Waals surface area contributed by atoms with Crippen molar-refractivity contribution in [3.05, 3.63) is 35.9 Å². The lowest BCUT2D eigenvalue weighted by Crippen LogP contribution is -2.50. The number of rotatable bonds is 5. The highest BCUT2D eigenvalue weighted by Gasteiger charge is 2.43. The summed E-state index contributed by atoms with van der Waals surface area (Å²) < 4.78 is 15.2. The summed E-state index contributed by atoms with van der Waals surface area (Å²) in [5.74, 6) is -0.439. The fourth-order valence-electron chi connectivity index (χ4n) is 2.45. The fourth-order valence-corrected chi connectivity index (χ4v) is 2.45. The molecule has 0 saturated carbocycles. The average Bonchev–Trinajstić information content (AvgIpc) is 2.37. The van der Waals surface area contributed by atoms with E-state index in [1.54, 1.807) is 36.1 Å². The molecule has 0 aromatic heterocycles. The van der Waals surface area contributed by atoms with Crippen LogP contribution in [0.2, 0.25) is 0 Å². The zero-order valence-corrected chi connectivity index (χ0v) is 12.5. The highest BCUT2D eigenvalue weighted by Crippen LogP contribution is 2.33. The third-order valence-corrected chi connectivity index (χ3v) is 3.40. The van der Waals surface area contributed by atoms with Gasteiger partial charge >= 0.3 is 0 Å². The third kappa shape index (κ3) is 3.14. The van der Waals surface area contributed by atoms with Crippen LogP contribution in [-0.2, 0) is 10.5 Å². The first kappa shape index (κ1) is 15.7. The smallest absolute Gasteiger partial charge is 0.265 e. The van der Waals surface area contributed by atoms with E-state index >= 15 is 4.39 Å². The van der Waals surface area contributed by atoms with E-state index in [-0.39, 0.29) is 18.5 Å². The van der Waals surface area contributed by atoms with Gasteiger partial charge in [0.25, 0.3) is 5.91 Å². The van der Waals surface area contributed by atoms with Gasteiger partial charge in [0.1, 0.15) is 0 Å². The molecule has 0 saturated heterocycles. The normalized spacial score (nSPS) is 14.5. The van der Waals surface area contributed by atoms with Gasteiger partial charge in [-0.2, -0.15) is 0 Å². The molecular formula is C16H24FNO. The number of hydrogen-bond donors (Lipinski definition) is 0. The molecule has 1 rings (SSSR count). The minimum absolute atomic E-state index is 0.0158. The van der Waals surface area contributed by atoms with Crippen LogP contribution in [-0.4, -0.2) is 22.9 Å². The standard InChI is InChI=1S/C16H24FNO/c1-6-16(17,14-10-8-7-9-11-14)15(19)18(12(2)3)13(4)5/h7-13H,6H2,1-5H3. The van der Waals surface area contributed by atoms with Gasteiger partial charge in [0, 0.05) is 12.1 Å². The van der Waals surface area contributed by atoms with Crippen LogP contribution in [0.4, 0.5) is 4.39 Å².